The van der Waals surface area contributed by atoms with Crippen LogP contribution in [0.1, 0.15) is 11.4 Å². The first-order valence-electron chi connectivity index (χ1n) is 6.34. The molecule has 0 amide bonds. The van der Waals surface area contributed by atoms with Crippen molar-refractivity contribution in [2.45, 2.75) is 23.5 Å². The van der Waals surface area contributed by atoms with E-state index < -0.39 is 11.6 Å². The van der Waals surface area contributed by atoms with Crippen molar-refractivity contribution in [2.75, 3.05) is 20.3 Å². The van der Waals surface area contributed by atoms with E-state index in [0.717, 1.165) is 11.8 Å². The van der Waals surface area contributed by atoms with Crippen LogP contribution in [0.4, 0.5) is 8.78 Å². The minimum atomic E-state index is -0.619. The number of aromatic nitrogens is 3. The molecule has 0 aliphatic rings. The predicted octanol–water partition coefficient (Wildman–Crippen LogP) is 2.28. The van der Waals surface area contributed by atoms with Gasteiger partial charge in [-0.3, -0.25) is 5.10 Å². The fourth-order valence-electron chi connectivity index (χ4n) is 1.68. The SMILES string of the molecule is COCCNCc1cc(F)c(Sc2n[nH]c(C)n2)c(F)c1. The molecule has 0 aliphatic carbocycles. The molecule has 0 radical (unpaired) electrons. The van der Waals surface area contributed by atoms with E-state index in [4.69, 9.17) is 4.74 Å². The first-order chi connectivity index (χ1) is 10.1. The zero-order valence-corrected chi connectivity index (χ0v) is 12.6. The second kappa shape index (κ2) is 7.48. The van der Waals surface area contributed by atoms with Crippen molar-refractivity contribution in [1.29, 1.82) is 0 Å². The predicted molar refractivity (Wildman–Crippen MR) is 75.2 cm³/mol. The first kappa shape index (κ1) is 15.9. The monoisotopic (exact) mass is 314 g/mol. The Hall–Kier alpha value is -1.51. The minimum Gasteiger partial charge on any atom is -0.383 e. The Bertz CT molecular complexity index is 583. The number of nitrogens with zero attached hydrogens (tertiary/aromatic N) is 2. The molecule has 5 nitrogen and oxygen atoms in total. The van der Waals surface area contributed by atoms with Gasteiger partial charge in [0.25, 0.3) is 0 Å². The van der Waals surface area contributed by atoms with E-state index in [-0.39, 0.29) is 10.1 Å². The first-order valence-corrected chi connectivity index (χ1v) is 7.16. The van der Waals surface area contributed by atoms with Gasteiger partial charge in [0.1, 0.15) is 17.5 Å². The van der Waals surface area contributed by atoms with Crippen LogP contribution in [0.3, 0.4) is 0 Å². The molecular formula is C13H16F2N4OS. The smallest absolute Gasteiger partial charge is 0.213 e. The number of benzene rings is 1. The lowest BCUT2D eigenvalue weighted by atomic mass is 10.2. The van der Waals surface area contributed by atoms with Crippen molar-refractivity contribution < 1.29 is 13.5 Å². The Balaban J connectivity index is 2.06. The van der Waals surface area contributed by atoms with Crippen molar-refractivity contribution in [3.8, 4) is 0 Å². The zero-order valence-electron chi connectivity index (χ0n) is 11.7. The maximum Gasteiger partial charge on any atom is 0.213 e. The van der Waals surface area contributed by atoms with Gasteiger partial charge in [-0.25, -0.2) is 13.8 Å². The van der Waals surface area contributed by atoms with Gasteiger partial charge in [0.15, 0.2) is 0 Å². The summed E-state index contributed by atoms with van der Waals surface area (Å²) in [6.07, 6.45) is 0. The normalized spacial score (nSPS) is 11.0. The van der Waals surface area contributed by atoms with Gasteiger partial charge in [-0.15, -0.1) is 5.10 Å². The molecule has 1 aromatic heterocycles. The Morgan fingerprint density at radius 2 is 2.05 bits per heavy atom. The van der Waals surface area contributed by atoms with E-state index >= 15 is 0 Å². The molecule has 114 valence electrons. The number of rotatable bonds is 7. The number of aryl methyl sites for hydroxylation is 1. The van der Waals surface area contributed by atoms with Crippen LogP contribution in [0.5, 0.6) is 0 Å². The molecule has 0 bridgehead atoms. The van der Waals surface area contributed by atoms with Crippen LogP contribution in [0, 0.1) is 18.6 Å². The third-order valence-corrected chi connectivity index (χ3v) is 3.60. The molecule has 1 heterocycles. The van der Waals surface area contributed by atoms with Gasteiger partial charge in [0, 0.05) is 20.2 Å². The van der Waals surface area contributed by atoms with Crippen molar-refractivity contribution in [3.05, 3.63) is 35.2 Å². The summed E-state index contributed by atoms with van der Waals surface area (Å²) in [6, 6.07) is 2.62. The van der Waals surface area contributed by atoms with E-state index in [1.807, 2.05) is 0 Å². The summed E-state index contributed by atoms with van der Waals surface area (Å²) in [6.45, 7) is 3.26. The van der Waals surface area contributed by atoms with E-state index in [0.29, 0.717) is 31.1 Å². The number of methoxy groups -OCH3 is 1. The lowest BCUT2D eigenvalue weighted by molar-refractivity contribution is 0.199. The second-order valence-electron chi connectivity index (χ2n) is 4.36. The molecule has 0 saturated carbocycles. The van der Waals surface area contributed by atoms with Crippen LogP contribution in [-0.4, -0.2) is 35.4 Å². The molecule has 0 aliphatic heterocycles. The number of H-pyrrole nitrogens is 1. The van der Waals surface area contributed by atoms with Crippen LogP contribution < -0.4 is 5.32 Å². The largest absolute Gasteiger partial charge is 0.383 e. The Kier molecular flexibility index (Phi) is 5.66. The van der Waals surface area contributed by atoms with Crippen LogP contribution in [0.2, 0.25) is 0 Å². The summed E-state index contributed by atoms with van der Waals surface area (Å²) in [5, 5.41) is 9.81. The zero-order chi connectivity index (χ0) is 15.2. The average Bonchev–Trinajstić information content (AvgIpc) is 2.85. The summed E-state index contributed by atoms with van der Waals surface area (Å²) < 4.78 is 32.9. The topological polar surface area (TPSA) is 62.8 Å². The van der Waals surface area contributed by atoms with Gasteiger partial charge in [0.2, 0.25) is 5.16 Å². The highest BCUT2D eigenvalue weighted by Crippen LogP contribution is 2.30. The minimum absolute atomic E-state index is 0.102. The molecule has 0 unspecified atom stereocenters. The molecule has 2 N–H and O–H groups in total. The molecule has 0 atom stereocenters. The molecule has 8 heteroatoms. The van der Waals surface area contributed by atoms with Crippen LogP contribution in [0.25, 0.3) is 0 Å². The Morgan fingerprint density at radius 1 is 1.33 bits per heavy atom. The van der Waals surface area contributed by atoms with E-state index in [9.17, 15) is 8.78 Å². The van der Waals surface area contributed by atoms with E-state index in [1.54, 1.807) is 14.0 Å². The third-order valence-electron chi connectivity index (χ3n) is 2.64. The molecule has 0 saturated heterocycles. The number of aromatic amines is 1. The van der Waals surface area contributed by atoms with E-state index in [1.165, 1.54) is 12.1 Å². The standard InChI is InChI=1S/C13H16F2N4OS/c1-8-17-13(19-18-8)21-12-10(14)5-9(6-11(12)15)7-16-3-4-20-2/h5-6,16H,3-4,7H2,1-2H3,(H,17,18,19). The lowest BCUT2D eigenvalue weighted by Gasteiger charge is -2.07. The maximum atomic E-state index is 14.0. The van der Waals surface area contributed by atoms with Gasteiger partial charge in [-0.05, 0) is 36.4 Å². The van der Waals surface area contributed by atoms with Crippen molar-refractivity contribution in [1.82, 2.24) is 20.5 Å². The van der Waals surface area contributed by atoms with Gasteiger partial charge in [-0.1, -0.05) is 0 Å². The highest BCUT2D eigenvalue weighted by molar-refractivity contribution is 7.99. The summed E-state index contributed by atoms with van der Waals surface area (Å²) in [4.78, 5) is 3.92. The van der Waals surface area contributed by atoms with Crippen molar-refractivity contribution in [3.63, 3.8) is 0 Å². The van der Waals surface area contributed by atoms with Gasteiger partial charge in [0.05, 0.1) is 11.5 Å². The van der Waals surface area contributed by atoms with Crippen LogP contribution >= 0.6 is 11.8 Å². The van der Waals surface area contributed by atoms with E-state index in [2.05, 4.69) is 20.5 Å². The Labute approximate surface area is 125 Å². The van der Waals surface area contributed by atoms with Gasteiger partial charge >= 0.3 is 0 Å². The number of nitrogens with one attached hydrogen (secondary N) is 2. The summed E-state index contributed by atoms with van der Waals surface area (Å²) in [7, 11) is 1.60. The van der Waals surface area contributed by atoms with Crippen molar-refractivity contribution >= 4 is 11.8 Å². The van der Waals surface area contributed by atoms with Crippen LogP contribution in [-0.2, 0) is 11.3 Å². The highest BCUT2D eigenvalue weighted by Gasteiger charge is 2.15. The number of halogens is 2. The van der Waals surface area contributed by atoms with Crippen molar-refractivity contribution in [2.24, 2.45) is 0 Å². The molecule has 2 rings (SSSR count). The fraction of sp³-hybridized carbons (Fsp3) is 0.385. The molecule has 0 fully saturated rings. The fourth-order valence-corrected chi connectivity index (χ4v) is 2.45. The maximum absolute atomic E-state index is 14.0. The Morgan fingerprint density at radius 3 is 2.62 bits per heavy atom. The van der Waals surface area contributed by atoms with Crippen LogP contribution in [0.15, 0.2) is 22.2 Å². The molecule has 2 aromatic rings. The van der Waals surface area contributed by atoms with Gasteiger partial charge in [-0.2, -0.15) is 0 Å². The molecule has 21 heavy (non-hydrogen) atoms. The second-order valence-corrected chi connectivity index (χ2v) is 5.34. The quantitative estimate of drug-likeness (QED) is 0.768. The summed E-state index contributed by atoms with van der Waals surface area (Å²) >= 11 is 0.858. The van der Waals surface area contributed by atoms with Gasteiger partial charge < -0.3 is 10.1 Å². The number of hydrogen-bond acceptors (Lipinski definition) is 5. The number of hydrogen-bond donors (Lipinski definition) is 2. The average molecular weight is 314 g/mol. The lowest BCUT2D eigenvalue weighted by Crippen LogP contribution is -2.18. The summed E-state index contributed by atoms with van der Waals surface area (Å²) in [5.41, 5.74) is 0.539. The third kappa shape index (κ3) is 4.48. The molecule has 1 aromatic carbocycles. The molecule has 0 spiro atoms. The number of ether oxygens (including phenoxy) is 1. The molecular weight excluding hydrogens is 298 g/mol. The highest BCUT2D eigenvalue weighted by atomic mass is 32.2. The summed E-state index contributed by atoms with van der Waals surface area (Å²) in [5.74, 6) is -0.644.